The van der Waals surface area contributed by atoms with Crippen molar-refractivity contribution >= 4 is 17.5 Å². The number of fused-ring (bicyclic) bond motifs is 1. The Kier molecular flexibility index (Phi) is 4.80. The number of carbonyl (C=O) groups is 2. The van der Waals surface area contributed by atoms with Crippen LogP contribution in [0.1, 0.15) is 52.2 Å². The quantitative estimate of drug-likeness (QED) is 0.609. The fourth-order valence-electron chi connectivity index (χ4n) is 4.92. The summed E-state index contributed by atoms with van der Waals surface area (Å²) in [5, 5.41) is 2.82. The molecule has 0 unspecified atom stereocenters. The fourth-order valence-corrected chi connectivity index (χ4v) is 4.92. The van der Waals surface area contributed by atoms with Crippen molar-refractivity contribution in [2.24, 2.45) is 11.1 Å². The maximum atomic E-state index is 13.4. The summed E-state index contributed by atoms with van der Waals surface area (Å²) in [5.41, 5.74) is 4.55. The Bertz CT molecular complexity index is 1240. The molecule has 3 N–H and O–H groups in total. The van der Waals surface area contributed by atoms with Gasteiger partial charge in [0.2, 0.25) is 5.88 Å². The van der Waals surface area contributed by atoms with Crippen LogP contribution in [0.4, 0.5) is 13.2 Å². The van der Waals surface area contributed by atoms with Gasteiger partial charge in [0.25, 0.3) is 11.8 Å². The third-order valence-corrected chi connectivity index (χ3v) is 6.38. The van der Waals surface area contributed by atoms with Gasteiger partial charge >= 0.3 is 6.18 Å². The lowest BCUT2D eigenvalue weighted by Gasteiger charge is -2.57. The maximum absolute atomic E-state index is 13.4. The van der Waals surface area contributed by atoms with Gasteiger partial charge in [0.1, 0.15) is 28.7 Å². The summed E-state index contributed by atoms with van der Waals surface area (Å²) < 4.78 is 46.8. The Labute approximate surface area is 186 Å². The molecule has 2 aliphatic carbocycles. The standard InChI is InChI=1S/C22H20F3N5O3/c23-22(24,25)16-4-1-5-17-28-11-15(30(16)17)19(32)29-12-7-21(8-12)9-13(10-21)33-20-14(18(26)31)3-2-6-27-20/h1-6,11-13H,7-10H2,(H2,26,31)(H,29,32). The van der Waals surface area contributed by atoms with E-state index in [1.165, 1.54) is 18.3 Å². The lowest BCUT2D eigenvalue weighted by molar-refractivity contribution is -0.142. The van der Waals surface area contributed by atoms with E-state index in [0.717, 1.165) is 29.5 Å². The highest BCUT2D eigenvalue weighted by Gasteiger charge is 2.54. The highest BCUT2D eigenvalue weighted by molar-refractivity contribution is 5.95. The first kappa shape index (κ1) is 21.2. The predicted molar refractivity (Wildman–Crippen MR) is 110 cm³/mol. The van der Waals surface area contributed by atoms with E-state index in [1.54, 1.807) is 12.1 Å². The summed E-state index contributed by atoms with van der Waals surface area (Å²) in [6, 6.07) is 6.62. The van der Waals surface area contributed by atoms with Crippen LogP contribution in [0.5, 0.6) is 5.88 Å². The van der Waals surface area contributed by atoms with Crippen molar-refractivity contribution in [2.75, 3.05) is 0 Å². The lowest BCUT2D eigenvalue weighted by Crippen LogP contribution is -2.58. The first-order valence-electron chi connectivity index (χ1n) is 10.4. The molecule has 2 saturated carbocycles. The van der Waals surface area contributed by atoms with Gasteiger partial charge < -0.3 is 15.8 Å². The molecule has 3 aromatic heterocycles. The molecule has 3 aromatic rings. The smallest absolute Gasteiger partial charge is 0.431 e. The van der Waals surface area contributed by atoms with Gasteiger partial charge in [0.15, 0.2) is 0 Å². The number of nitrogens with zero attached hydrogens (tertiary/aromatic N) is 3. The number of aromatic nitrogens is 3. The average Bonchev–Trinajstić information content (AvgIpc) is 3.14. The summed E-state index contributed by atoms with van der Waals surface area (Å²) in [6.45, 7) is 0. The minimum atomic E-state index is -4.61. The number of rotatable bonds is 5. The van der Waals surface area contributed by atoms with Gasteiger partial charge in [0.05, 0.1) is 6.20 Å². The molecule has 0 aliphatic heterocycles. The van der Waals surface area contributed by atoms with Crippen molar-refractivity contribution in [1.82, 2.24) is 19.7 Å². The molecule has 172 valence electrons. The monoisotopic (exact) mass is 459 g/mol. The summed E-state index contributed by atoms with van der Waals surface area (Å²) in [7, 11) is 0. The van der Waals surface area contributed by atoms with E-state index in [9.17, 15) is 22.8 Å². The van der Waals surface area contributed by atoms with E-state index in [-0.39, 0.29) is 40.3 Å². The van der Waals surface area contributed by atoms with Gasteiger partial charge in [-0.25, -0.2) is 9.97 Å². The number of carbonyl (C=O) groups excluding carboxylic acids is 2. The summed E-state index contributed by atoms with van der Waals surface area (Å²) in [4.78, 5) is 32.2. The minimum Gasteiger partial charge on any atom is -0.474 e. The number of halogens is 3. The number of nitrogens with two attached hydrogens (primary N) is 1. The molecule has 2 fully saturated rings. The summed E-state index contributed by atoms with van der Waals surface area (Å²) in [6.07, 6.45) is 0.837. The van der Waals surface area contributed by atoms with E-state index in [1.807, 2.05) is 0 Å². The molecule has 11 heteroatoms. The fraction of sp³-hybridized carbons (Fsp3) is 0.364. The Morgan fingerprint density at radius 2 is 1.88 bits per heavy atom. The molecule has 0 radical (unpaired) electrons. The number of hydrogen-bond donors (Lipinski definition) is 2. The number of amides is 2. The third kappa shape index (κ3) is 3.77. The molecule has 33 heavy (non-hydrogen) atoms. The van der Waals surface area contributed by atoms with Crippen molar-refractivity contribution in [3.05, 3.63) is 59.7 Å². The van der Waals surface area contributed by atoms with E-state index in [2.05, 4.69) is 15.3 Å². The second-order valence-corrected chi connectivity index (χ2v) is 8.69. The number of hydrogen-bond acceptors (Lipinski definition) is 5. The molecule has 2 aliphatic rings. The minimum absolute atomic E-state index is 0.0148. The number of alkyl halides is 3. The van der Waals surface area contributed by atoms with Crippen LogP contribution in [0.3, 0.4) is 0 Å². The highest BCUT2D eigenvalue weighted by atomic mass is 19.4. The molecule has 1 spiro atoms. The number of nitrogens with one attached hydrogen (secondary N) is 1. The maximum Gasteiger partial charge on any atom is 0.431 e. The zero-order chi connectivity index (χ0) is 23.4. The zero-order valence-electron chi connectivity index (χ0n) is 17.3. The van der Waals surface area contributed by atoms with Gasteiger partial charge in [-0.1, -0.05) is 6.07 Å². The molecule has 2 amide bonds. The predicted octanol–water partition coefficient (Wildman–Crippen LogP) is 2.97. The first-order valence-corrected chi connectivity index (χ1v) is 10.4. The first-order chi connectivity index (χ1) is 15.7. The van der Waals surface area contributed by atoms with E-state index in [0.29, 0.717) is 12.8 Å². The number of pyridine rings is 2. The van der Waals surface area contributed by atoms with Crippen molar-refractivity contribution in [3.63, 3.8) is 0 Å². The lowest BCUT2D eigenvalue weighted by atomic mass is 9.53. The SMILES string of the molecule is NC(=O)c1cccnc1OC1CC2(CC(NC(=O)c3cnc4cccc(C(F)(F)F)n34)C2)C1. The van der Waals surface area contributed by atoms with Crippen LogP contribution in [0.2, 0.25) is 0 Å². The average molecular weight is 459 g/mol. The number of imidazole rings is 1. The Morgan fingerprint density at radius 3 is 2.58 bits per heavy atom. The van der Waals surface area contributed by atoms with Crippen molar-refractivity contribution in [1.29, 1.82) is 0 Å². The van der Waals surface area contributed by atoms with Crippen molar-refractivity contribution in [3.8, 4) is 5.88 Å². The molecule has 3 heterocycles. The van der Waals surface area contributed by atoms with E-state index < -0.39 is 23.7 Å². The number of primary amides is 1. The van der Waals surface area contributed by atoms with Crippen molar-refractivity contribution in [2.45, 2.75) is 44.0 Å². The Balaban J connectivity index is 1.20. The van der Waals surface area contributed by atoms with E-state index >= 15 is 0 Å². The molecule has 0 saturated heterocycles. The molecule has 0 bridgehead atoms. The molecule has 0 atom stereocenters. The molecule has 8 nitrogen and oxygen atoms in total. The molecular weight excluding hydrogens is 439 g/mol. The van der Waals surface area contributed by atoms with Crippen LogP contribution in [0.25, 0.3) is 5.65 Å². The normalized spacial score (nSPS) is 24.2. The summed E-state index contributed by atoms with van der Waals surface area (Å²) in [5.74, 6) is -0.993. The van der Waals surface area contributed by atoms with Gasteiger partial charge in [0, 0.05) is 12.2 Å². The second kappa shape index (κ2) is 7.46. The summed E-state index contributed by atoms with van der Waals surface area (Å²) >= 11 is 0. The van der Waals surface area contributed by atoms with Crippen LogP contribution in [-0.2, 0) is 6.18 Å². The topological polar surface area (TPSA) is 112 Å². The van der Waals surface area contributed by atoms with Crippen LogP contribution < -0.4 is 15.8 Å². The highest BCUT2D eigenvalue weighted by Crippen LogP contribution is 2.56. The van der Waals surface area contributed by atoms with Crippen LogP contribution >= 0.6 is 0 Å². The zero-order valence-corrected chi connectivity index (χ0v) is 17.3. The van der Waals surface area contributed by atoms with Gasteiger partial charge in [-0.05, 0) is 55.4 Å². The molecular formula is C22H20F3N5O3. The molecule has 5 rings (SSSR count). The van der Waals surface area contributed by atoms with Gasteiger partial charge in [-0.3, -0.25) is 14.0 Å². The number of ether oxygens (including phenoxy) is 1. The van der Waals surface area contributed by atoms with Gasteiger partial charge in [-0.2, -0.15) is 13.2 Å². The van der Waals surface area contributed by atoms with E-state index in [4.69, 9.17) is 10.5 Å². The Hall–Kier alpha value is -3.63. The largest absolute Gasteiger partial charge is 0.474 e. The second-order valence-electron chi connectivity index (χ2n) is 8.69. The van der Waals surface area contributed by atoms with Crippen LogP contribution in [0, 0.1) is 5.41 Å². The van der Waals surface area contributed by atoms with Crippen LogP contribution in [0.15, 0.2) is 42.7 Å². The van der Waals surface area contributed by atoms with Gasteiger partial charge in [-0.15, -0.1) is 0 Å². The third-order valence-electron chi connectivity index (χ3n) is 6.38. The Morgan fingerprint density at radius 1 is 1.12 bits per heavy atom. The molecule has 0 aromatic carbocycles. The van der Waals surface area contributed by atoms with Crippen LogP contribution in [-0.4, -0.2) is 38.3 Å². The van der Waals surface area contributed by atoms with Crippen molar-refractivity contribution < 1.29 is 27.5 Å².